The second-order valence-electron chi connectivity index (χ2n) is 6.43. The standard InChI is InChI=1S/C20H17Cl2N5/c21-15-3-1-2-12(5-15)6-18(23)20-24-8-13(9-25-20)4-14-10-26-19-17(14)7-16(22)11-27-19/h1-3,5,7-11,18H,4,6,23H2,(H,26,27). The Morgan fingerprint density at radius 1 is 0.963 bits per heavy atom. The first-order valence-electron chi connectivity index (χ1n) is 8.51. The highest BCUT2D eigenvalue weighted by molar-refractivity contribution is 6.31. The molecule has 136 valence electrons. The van der Waals surface area contributed by atoms with Crippen molar-refractivity contribution < 1.29 is 0 Å². The van der Waals surface area contributed by atoms with Gasteiger partial charge in [0.25, 0.3) is 0 Å². The summed E-state index contributed by atoms with van der Waals surface area (Å²) in [5.41, 5.74) is 10.2. The molecule has 0 saturated carbocycles. The van der Waals surface area contributed by atoms with Gasteiger partial charge < -0.3 is 10.7 Å². The summed E-state index contributed by atoms with van der Waals surface area (Å²) in [5.74, 6) is 0.613. The molecule has 3 heterocycles. The Morgan fingerprint density at radius 3 is 2.56 bits per heavy atom. The molecule has 0 aliphatic carbocycles. The van der Waals surface area contributed by atoms with Crippen molar-refractivity contribution in [1.82, 2.24) is 19.9 Å². The van der Waals surface area contributed by atoms with Gasteiger partial charge >= 0.3 is 0 Å². The zero-order valence-corrected chi connectivity index (χ0v) is 15.9. The number of pyridine rings is 1. The predicted octanol–water partition coefficient (Wildman–Crippen LogP) is 4.49. The number of aromatic amines is 1. The van der Waals surface area contributed by atoms with Crippen LogP contribution in [0.25, 0.3) is 11.0 Å². The Morgan fingerprint density at radius 2 is 1.78 bits per heavy atom. The lowest BCUT2D eigenvalue weighted by Gasteiger charge is -2.11. The van der Waals surface area contributed by atoms with Gasteiger partial charge in [0.05, 0.1) is 11.1 Å². The Bertz CT molecular complexity index is 1080. The smallest absolute Gasteiger partial charge is 0.145 e. The third-order valence-electron chi connectivity index (χ3n) is 4.38. The van der Waals surface area contributed by atoms with Gasteiger partial charge in [0.2, 0.25) is 0 Å². The van der Waals surface area contributed by atoms with E-state index >= 15 is 0 Å². The molecule has 0 amide bonds. The molecule has 0 saturated heterocycles. The van der Waals surface area contributed by atoms with E-state index in [1.165, 1.54) is 0 Å². The predicted molar refractivity (Wildman–Crippen MR) is 108 cm³/mol. The minimum atomic E-state index is -0.284. The van der Waals surface area contributed by atoms with Gasteiger partial charge in [-0.05, 0) is 41.3 Å². The molecule has 1 aromatic carbocycles. The van der Waals surface area contributed by atoms with Crippen molar-refractivity contribution in [2.45, 2.75) is 18.9 Å². The van der Waals surface area contributed by atoms with Gasteiger partial charge in [-0.2, -0.15) is 0 Å². The third kappa shape index (κ3) is 4.11. The lowest BCUT2D eigenvalue weighted by molar-refractivity contribution is 0.665. The first-order chi connectivity index (χ1) is 13.1. The summed E-state index contributed by atoms with van der Waals surface area (Å²) in [6.45, 7) is 0. The number of rotatable bonds is 5. The highest BCUT2D eigenvalue weighted by Crippen LogP contribution is 2.23. The normalized spacial score (nSPS) is 12.4. The third-order valence-corrected chi connectivity index (χ3v) is 4.82. The van der Waals surface area contributed by atoms with Gasteiger partial charge in [-0.25, -0.2) is 15.0 Å². The minimum absolute atomic E-state index is 0.284. The average molecular weight is 398 g/mol. The Kier molecular flexibility index (Phi) is 5.07. The molecule has 0 spiro atoms. The van der Waals surface area contributed by atoms with Crippen molar-refractivity contribution in [3.63, 3.8) is 0 Å². The monoisotopic (exact) mass is 397 g/mol. The van der Waals surface area contributed by atoms with Crippen LogP contribution in [0, 0.1) is 0 Å². The maximum Gasteiger partial charge on any atom is 0.145 e. The van der Waals surface area contributed by atoms with Gasteiger partial charge in [-0.1, -0.05) is 35.3 Å². The van der Waals surface area contributed by atoms with Crippen LogP contribution in [0.2, 0.25) is 10.0 Å². The number of H-pyrrole nitrogens is 1. The summed E-state index contributed by atoms with van der Waals surface area (Å²) in [6, 6.07) is 9.29. The number of hydrogen-bond acceptors (Lipinski definition) is 4. The van der Waals surface area contributed by atoms with Crippen LogP contribution in [0.1, 0.15) is 28.6 Å². The summed E-state index contributed by atoms with van der Waals surface area (Å²) in [4.78, 5) is 16.3. The van der Waals surface area contributed by atoms with Crippen LogP contribution < -0.4 is 5.73 Å². The number of nitrogens with two attached hydrogens (primary N) is 1. The minimum Gasteiger partial charge on any atom is -0.346 e. The first kappa shape index (κ1) is 17.9. The second kappa shape index (κ2) is 7.64. The van der Waals surface area contributed by atoms with Crippen molar-refractivity contribution in [1.29, 1.82) is 0 Å². The average Bonchev–Trinajstić information content (AvgIpc) is 3.04. The molecule has 0 fully saturated rings. The lowest BCUT2D eigenvalue weighted by atomic mass is 10.1. The molecule has 0 bridgehead atoms. The van der Waals surface area contributed by atoms with Crippen LogP contribution in [0.3, 0.4) is 0 Å². The fraction of sp³-hybridized carbons (Fsp3) is 0.150. The number of halogens is 2. The van der Waals surface area contributed by atoms with E-state index in [1.807, 2.05) is 48.9 Å². The molecule has 3 N–H and O–H groups in total. The van der Waals surface area contributed by atoms with Crippen LogP contribution in [-0.2, 0) is 12.8 Å². The van der Waals surface area contributed by atoms with E-state index in [2.05, 4.69) is 19.9 Å². The van der Waals surface area contributed by atoms with Crippen LogP contribution in [-0.4, -0.2) is 19.9 Å². The van der Waals surface area contributed by atoms with E-state index in [1.54, 1.807) is 6.20 Å². The molecule has 0 aliphatic heterocycles. The number of hydrogen-bond donors (Lipinski definition) is 2. The van der Waals surface area contributed by atoms with Gasteiger partial charge in [-0.3, -0.25) is 0 Å². The quantitative estimate of drug-likeness (QED) is 0.519. The zero-order chi connectivity index (χ0) is 18.8. The van der Waals surface area contributed by atoms with Crippen molar-refractivity contribution in [3.8, 4) is 0 Å². The van der Waals surface area contributed by atoms with E-state index in [0.717, 1.165) is 27.7 Å². The van der Waals surface area contributed by atoms with Crippen LogP contribution in [0.4, 0.5) is 0 Å². The fourth-order valence-electron chi connectivity index (χ4n) is 3.06. The van der Waals surface area contributed by atoms with E-state index < -0.39 is 0 Å². The number of benzene rings is 1. The molecule has 4 aromatic rings. The Hall–Kier alpha value is -2.47. The van der Waals surface area contributed by atoms with Crippen LogP contribution in [0.15, 0.2) is 55.1 Å². The number of nitrogens with one attached hydrogen (secondary N) is 1. The number of fused-ring (bicyclic) bond motifs is 1. The van der Waals surface area contributed by atoms with Gasteiger partial charge in [0.1, 0.15) is 11.5 Å². The molecule has 7 heteroatoms. The molecule has 3 aromatic heterocycles. The second-order valence-corrected chi connectivity index (χ2v) is 7.30. The zero-order valence-electron chi connectivity index (χ0n) is 14.4. The maximum absolute atomic E-state index is 6.26. The van der Waals surface area contributed by atoms with Crippen molar-refractivity contribution >= 4 is 34.2 Å². The summed E-state index contributed by atoms with van der Waals surface area (Å²) in [5, 5.41) is 2.32. The molecule has 1 unspecified atom stereocenters. The molecule has 0 radical (unpaired) electrons. The molecule has 4 rings (SSSR count). The van der Waals surface area contributed by atoms with Crippen molar-refractivity contribution in [2.75, 3.05) is 0 Å². The highest BCUT2D eigenvalue weighted by atomic mass is 35.5. The van der Waals surface area contributed by atoms with Crippen molar-refractivity contribution in [2.24, 2.45) is 5.73 Å². The molecule has 5 nitrogen and oxygen atoms in total. The van der Waals surface area contributed by atoms with Crippen molar-refractivity contribution in [3.05, 3.63) is 87.7 Å². The van der Waals surface area contributed by atoms with E-state index in [4.69, 9.17) is 28.9 Å². The van der Waals surface area contributed by atoms with Crippen LogP contribution >= 0.6 is 23.2 Å². The topological polar surface area (TPSA) is 80.5 Å². The van der Waals surface area contributed by atoms with E-state index in [0.29, 0.717) is 28.7 Å². The van der Waals surface area contributed by atoms with Gasteiger partial charge in [0, 0.05) is 41.6 Å². The Labute approximate surface area is 166 Å². The summed E-state index contributed by atoms with van der Waals surface area (Å²) < 4.78 is 0. The van der Waals surface area contributed by atoms with E-state index in [-0.39, 0.29) is 6.04 Å². The Balaban J connectivity index is 1.49. The lowest BCUT2D eigenvalue weighted by Crippen LogP contribution is -2.16. The maximum atomic E-state index is 6.26. The molecule has 27 heavy (non-hydrogen) atoms. The SMILES string of the molecule is NC(Cc1cccc(Cl)c1)c1ncc(Cc2c[nH]c3ncc(Cl)cc23)cn1. The molecule has 0 aliphatic rings. The highest BCUT2D eigenvalue weighted by Gasteiger charge is 2.12. The molecular formula is C20H17Cl2N5. The summed E-state index contributed by atoms with van der Waals surface area (Å²) >= 11 is 12.1. The van der Waals surface area contributed by atoms with Crippen LogP contribution in [0.5, 0.6) is 0 Å². The van der Waals surface area contributed by atoms with Gasteiger partial charge in [-0.15, -0.1) is 0 Å². The molecule has 1 atom stereocenters. The fourth-order valence-corrected chi connectivity index (χ4v) is 3.43. The number of nitrogens with zero attached hydrogens (tertiary/aromatic N) is 3. The van der Waals surface area contributed by atoms with Gasteiger partial charge in [0.15, 0.2) is 0 Å². The number of aromatic nitrogens is 4. The first-order valence-corrected chi connectivity index (χ1v) is 9.26. The summed E-state index contributed by atoms with van der Waals surface area (Å²) in [6.07, 6.45) is 8.52. The van der Waals surface area contributed by atoms with E-state index in [9.17, 15) is 0 Å². The largest absolute Gasteiger partial charge is 0.346 e. The molecular weight excluding hydrogens is 381 g/mol. The summed E-state index contributed by atoms with van der Waals surface area (Å²) in [7, 11) is 0.